The summed E-state index contributed by atoms with van der Waals surface area (Å²) < 4.78 is 6.75. The molecule has 9 heteroatoms. The summed E-state index contributed by atoms with van der Waals surface area (Å²) in [5, 5.41) is 28.5. The van der Waals surface area contributed by atoms with E-state index in [4.69, 9.17) is 27.8 Å². The van der Waals surface area contributed by atoms with Gasteiger partial charge in [0, 0.05) is 18.9 Å². The summed E-state index contributed by atoms with van der Waals surface area (Å²) in [5.41, 5.74) is 14.0. The van der Waals surface area contributed by atoms with Gasteiger partial charge in [-0.15, -0.1) is 0 Å². The van der Waals surface area contributed by atoms with Crippen molar-refractivity contribution in [2.24, 2.45) is 61.9 Å². The molecule has 7 aliphatic rings. The van der Waals surface area contributed by atoms with E-state index in [0.29, 0.717) is 65.5 Å². The van der Waals surface area contributed by atoms with Gasteiger partial charge < -0.3 is 37.1 Å². The molecule has 1 heterocycles. The second-order valence-corrected chi connectivity index (χ2v) is 19.0. The van der Waals surface area contributed by atoms with Gasteiger partial charge in [-0.3, -0.25) is 9.98 Å². The SMILES string of the molecule is C=C1C[C@@]2(CC[C@@H](CC[C@@]3(O)CCC[C@H](O)C3)C2)[C@@H]2O[C@]2(C)CC[C@@H]2[C@@H]1C[C@]2(C)[C@@H]1CC[C@H]([C@H](NC(N)=NC)NC(N)=NC2CCCCC2)C1. The first-order chi connectivity index (χ1) is 23.8. The molecule has 282 valence electrons. The number of nitrogens with two attached hydrogens (primary N) is 2. The van der Waals surface area contributed by atoms with Gasteiger partial charge in [0.2, 0.25) is 0 Å². The minimum Gasteiger partial charge on any atom is -0.393 e. The van der Waals surface area contributed by atoms with Crippen molar-refractivity contribution in [3.63, 3.8) is 0 Å². The predicted octanol–water partition coefficient (Wildman–Crippen LogP) is 6.27. The number of nitrogens with one attached hydrogen (secondary N) is 2. The molecule has 7 rings (SSSR count). The molecule has 0 bridgehead atoms. The lowest BCUT2D eigenvalue weighted by molar-refractivity contribution is -0.0697. The monoisotopic (exact) mass is 695 g/mol. The third kappa shape index (κ3) is 7.35. The van der Waals surface area contributed by atoms with Crippen LogP contribution < -0.4 is 22.1 Å². The lowest BCUT2D eigenvalue weighted by atomic mass is 9.46. The molecule has 12 atom stereocenters. The lowest BCUT2D eigenvalue weighted by Crippen LogP contribution is -2.56. The van der Waals surface area contributed by atoms with Crippen LogP contribution in [-0.2, 0) is 4.74 Å². The van der Waals surface area contributed by atoms with Gasteiger partial charge in [-0.1, -0.05) is 38.3 Å². The third-order valence-electron chi connectivity index (χ3n) is 15.7. The van der Waals surface area contributed by atoms with Crippen molar-refractivity contribution in [3.8, 4) is 0 Å². The Kier molecular flexibility index (Phi) is 10.4. The fraction of sp³-hybridized carbons (Fsp3) is 0.902. The van der Waals surface area contributed by atoms with Crippen LogP contribution in [0, 0.1) is 40.4 Å². The zero-order valence-electron chi connectivity index (χ0n) is 31.6. The predicted molar refractivity (Wildman–Crippen MR) is 201 cm³/mol. The molecule has 0 amide bonds. The molecule has 0 aromatic rings. The van der Waals surface area contributed by atoms with Gasteiger partial charge in [0.25, 0.3) is 0 Å². The average molecular weight is 695 g/mol. The van der Waals surface area contributed by atoms with Crippen LogP contribution in [0.3, 0.4) is 0 Å². The molecule has 1 spiro atoms. The van der Waals surface area contributed by atoms with Gasteiger partial charge in [0.15, 0.2) is 11.9 Å². The van der Waals surface area contributed by atoms with Gasteiger partial charge in [0.1, 0.15) is 6.17 Å². The highest BCUT2D eigenvalue weighted by Crippen LogP contribution is 2.69. The van der Waals surface area contributed by atoms with Crippen LogP contribution in [0.5, 0.6) is 0 Å². The van der Waals surface area contributed by atoms with Gasteiger partial charge >= 0.3 is 0 Å². The number of aliphatic hydroxyl groups excluding tert-OH is 1. The maximum atomic E-state index is 11.2. The van der Waals surface area contributed by atoms with Crippen molar-refractivity contribution in [2.75, 3.05) is 7.05 Å². The Balaban J connectivity index is 0.993. The van der Waals surface area contributed by atoms with Crippen LogP contribution in [-0.4, -0.2) is 64.8 Å². The van der Waals surface area contributed by atoms with E-state index in [-0.39, 0.29) is 23.3 Å². The highest BCUT2D eigenvalue weighted by Gasteiger charge is 2.67. The summed E-state index contributed by atoms with van der Waals surface area (Å²) in [6.07, 6.45) is 22.8. The number of aliphatic imine (C=N–C) groups is 2. The number of hydrogen-bond donors (Lipinski definition) is 6. The highest BCUT2D eigenvalue weighted by molar-refractivity contribution is 5.81. The number of ether oxygens (including phenoxy) is 1. The number of epoxide rings is 1. The largest absolute Gasteiger partial charge is 0.393 e. The van der Waals surface area contributed by atoms with Gasteiger partial charge in [-0.2, -0.15) is 0 Å². The molecule has 8 N–H and O–H groups in total. The van der Waals surface area contributed by atoms with Crippen LogP contribution in [0.15, 0.2) is 22.1 Å². The van der Waals surface area contributed by atoms with E-state index < -0.39 is 5.60 Å². The zero-order chi connectivity index (χ0) is 35.3. The number of rotatable bonds is 8. The van der Waals surface area contributed by atoms with Crippen LogP contribution in [0.2, 0.25) is 0 Å². The minimum absolute atomic E-state index is 0.0183. The summed E-state index contributed by atoms with van der Waals surface area (Å²) >= 11 is 0. The van der Waals surface area contributed by atoms with E-state index in [9.17, 15) is 10.2 Å². The number of aliphatic hydroxyl groups is 2. The normalized spacial score (nSPS) is 46.3. The standard InChI is InChI=1S/C41H70N6O3/c1-26-22-40(19-14-27(23-40)15-20-41(49)17-8-11-31(48)24-41)35-39(3,50-35)18-16-33-32(26)25-38(33,2)29-13-12-28(21-29)34(46-36(42)44-4)47-37(43)45-30-9-6-5-7-10-30/h27-35,48-49H,1,5-25H2,2-4H3,(H3,42,44,46)(H3,43,45,47)/t27-,28-,29+,31-,32+,33+,34+,35+,38+,39+,40+,41-/m0/s1. The second-order valence-electron chi connectivity index (χ2n) is 19.0. The Morgan fingerprint density at radius 3 is 2.48 bits per heavy atom. The molecule has 9 nitrogen and oxygen atoms in total. The molecular formula is C41H70N6O3. The first-order valence-corrected chi connectivity index (χ1v) is 20.7. The molecule has 6 saturated carbocycles. The minimum atomic E-state index is -0.680. The number of fused-ring (bicyclic) bond motifs is 3. The van der Waals surface area contributed by atoms with E-state index in [1.165, 1.54) is 63.4 Å². The molecule has 0 unspecified atom stereocenters. The fourth-order valence-corrected chi connectivity index (χ4v) is 12.8. The Morgan fingerprint density at radius 2 is 1.72 bits per heavy atom. The first-order valence-electron chi connectivity index (χ1n) is 20.7. The Labute approximate surface area is 302 Å². The number of guanidine groups is 2. The van der Waals surface area contributed by atoms with Gasteiger partial charge in [-0.25, -0.2) is 0 Å². The van der Waals surface area contributed by atoms with E-state index in [1.807, 2.05) is 0 Å². The van der Waals surface area contributed by atoms with Crippen LogP contribution in [0.4, 0.5) is 0 Å². The van der Waals surface area contributed by atoms with Gasteiger partial charge in [-0.05, 0) is 151 Å². The molecular weight excluding hydrogens is 624 g/mol. The molecule has 50 heavy (non-hydrogen) atoms. The second kappa shape index (κ2) is 14.2. The maximum Gasteiger partial charge on any atom is 0.190 e. The average Bonchev–Trinajstić information content (AvgIpc) is 3.38. The Morgan fingerprint density at radius 1 is 0.940 bits per heavy atom. The van der Waals surface area contributed by atoms with Gasteiger partial charge in [0.05, 0.1) is 29.5 Å². The van der Waals surface area contributed by atoms with Crippen molar-refractivity contribution < 1.29 is 14.9 Å². The fourth-order valence-electron chi connectivity index (χ4n) is 12.8. The molecule has 6 aliphatic carbocycles. The zero-order valence-corrected chi connectivity index (χ0v) is 31.6. The molecule has 1 saturated heterocycles. The maximum absolute atomic E-state index is 11.2. The molecule has 0 aromatic carbocycles. The van der Waals surface area contributed by atoms with Crippen molar-refractivity contribution >= 4 is 11.9 Å². The summed E-state index contributed by atoms with van der Waals surface area (Å²) in [6, 6.07) is 0.322. The molecule has 0 aromatic heterocycles. The third-order valence-corrected chi connectivity index (χ3v) is 15.7. The summed E-state index contributed by atoms with van der Waals surface area (Å²) in [5.74, 6) is 3.91. The van der Waals surface area contributed by atoms with E-state index >= 15 is 0 Å². The van der Waals surface area contributed by atoms with Crippen molar-refractivity contribution in [1.29, 1.82) is 0 Å². The topological polar surface area (TPSA) is 154 Å². The Bertz CT molecular complexity index is 1300. The van der Waals surface area contributed by atoms with E-state index in [2.05, 4.69) is 29.5 Å². The number of nitrogens with zero attached hydrogens (tertiary/aromatic N) is 2. The summed E-state index contributed by atoms with van der Waals surface area (Å²) in [6.45, 7) is 9.84. The van der Waals surface area contributed by atoms with E-state index in [1.54, 1.807) is 7.05 Å². The lowest BCUT2D eigenvalue weighted by Gasteiger charge is -2.58. The van der Waals surface area contributed by atoms with Crippen LogP contribution in [0.25, 0.3) is 0 Å². The number of hydrogen-bond acceptors (Lipinski definition) is 5. The van der Waals surface area contributed by atoms with Crippen LogP contribution in [0.1, 0.15) is 149 Å². The quantitative estimate of drug-likeness (QED) is 0.0576. The van der Waals surface area contributed by atoms with Crippen molar-refractivity contribution in [1.82, 2.24) is 10.6 Å². The summed E-state index contributed by atoms with van der Waals surface area (Å²) in [4.78, 5) is 9.09. The molecule has 0 radical (unpaired) electrons. The summed E-state index contributed by atoms with van der Waals surface area (Å²) in [7, 11) is 1.73. The Hall–Kier alpha value is -1.84. The van der Waals surface area contributed by atoms with Crippen molar-refractivity contribution in [3.05, 3.63) is 12.2 Å². The molecule has 1 aliphatic heterocycles. The van der Waals surface area contributed by atoms with E-state index in [0.717, 1.165) is 70.6 Å². The smallest absolute Gasteiger partial charge is 0.190 e. The van der Waals surface area contributed by atoms with Crippen LogP contribution >= 0.6 is 0 Å². The highest BCUT2D eigenvalue weighted by atomic mass is 16.6. The van der Waals surface area contributed by atoms with Crippen molar-refractivity contribution in [2.45, 2.75) is 184 Å². The molecule has 7 fully saturated rings. The number of allylic oxidation sites excluding steroid dienone is 1. The first kappa shape index (κ1) is 36.5.